The van der Waals surface area contributed by atoms with Crippen LogP contribution in [-0.4, -0.2) is 16.7 Å². The molecule has 0 bridgehead atoms. The summed E-state index contributed by atoms with van der Waals surface area (Å²) in [6.45, 7) is 0. The van der Waals surface area contributed by atoms with Crippen LogP contribution in [0.15, 0.2) is 115 Å². The molecule has 1 N–H and O–H groups in total. The van der Waals surface area contributed by atoms with Crippen molar-refractivity contribution in [3.63, 3.8) is 0 Å². The predicted octanol–water partition coefficient (Wildman–Crippen LogP) is 5.61. The summed E-state index contributed by atoms with van der Waals surface area (Å²) in [7, 11) is 0. The van der Waals surface area contributed by atoms with E-state index in [9.17, 15) is 14.7 Å². The number of carbonyl (C=O) groups is 2. The largest absolute Gasteiger partial charge is 0.478 e. The Kier molecular flexibility index (Phi) is 6.54. The third-order valence-electron chi connectivity index (χ3n) is 5.16. The number of rotatable bonds is 8. The van der Waals surface area contributed by atoms with Crippen LogP contribution in [0.2, 0.25) is 0 Å². The van der Waals surface area contributed by atoms with Crippen LogP contribution in [0.25, 0.3) is 0 Å². The van der Waals surface area contributed by atoms with E-state index in [0.29, 0.717) is 22.4 Å². The topological polar surface area (TPSA) is 63.6 Å². The minimum atomic E-state index is -1.24. The van der Waals surface area contributed by atoms with Crippen LogP contribution in [0, 0.1) is 0 Å². The van der Waals surface area contributed by atoms with Crippen LogP contribution < -0.4 is 4.74 Å². The molecule has 4 rings (SSSR count). The third-order valence-corrected chi connectivity index (χ3v) is 5.16. The molecule has 4 aromatic rings. The number of hydrogen-bond acceptors (Lipinski definition) is 4. The lowest BCUT2D eigenvalue weighted by molar-refractivity contribution is 0.0745. The first-order valence-corrected chi connectivity index (χ1v) is 10.3. The molecule has 4 heteroatoms. The van der Waals surface area contributed by atoms with Gasteiger partial charge in [-0.05, 0) is 29.8 Å². The van der Waals surface area contributed by atoms with Gasteiger partial charge in [-0.25, -0.2) is 0 Å². The Morgan fingerprint density at radius 3 is 1.59 bits per heavy atom. The maximum absolute atomic E-state index is 13.2. The van der Waals surface area contributed by atoms with E-state index in [1.165, 1.54) is 0 Å². The maximum Gasteiger partial charge on any atom is 0.207 e. The summed E-state index contributed by atoms with van der Waals surface area (Å²) >= 11 is 0. The Labute approximate surface area is 186 Å². The van der Waals surface area contributed by atoms with E-state index in [-0.39, 0.29) is 5.78 Å². The number of Topliss-reactive ketones (excluding diaryl/α,β-unsaturated/α-hetero) is 2. The Bertz CT molecular complexity index is 1170. The summed E-state index contributed by atoms with van der Waals surface area (Å²) < 4.78 is 6.07. The molecule has 4 nitrogen and oxygen atoms in total. The van der Waals surface area contributed by atoms with Crippen molar-refractivity contribution in [1.82, 2.24) is 0 Å². The molecule has 0 saturated carbocycles. The molecule has 2 unspecified atom stereocenters. The zero-order chi connectivity index (χ0) is 22.3. The second-order valence-electron chi connectivity index (χ2n) is 7.34. The highest BCUT2D eigenvalue weighted by molar-refractivity contribution is 6.01. The quantitative estimate of drug-likeness (QED) is 0.375. The third kappa shape index (κ3) is 4.82. The van der Waals surface area contributed by atoms with E-state index in [2.05, 4.69) is 0 Å². The fourth-order valence-electron chi connectivity index (χ4n) is 3.43. The second kappa shape index (κ2) is 9.86. The lowest BCUT2D eigenvalue weighted by Crippen LogP contribution is -2.19. The molecular formula is C28H22O4. The standard InChI is InChI=1S/C28H22O4/c29-25(20-10-4-1-5-11-20)26(30)22-16-18-24(19-17-22)32-28(23-14-8-3-9-15-23)27(31)21-12-6-2-7-13-21/h1-19,25,28-29H. The van der Waals surface area contributed by atoms with Crippen LogP contribution in [0.1, 0.15) is 44.1 Å². The zero-order valence-corrected chi connectivity index (χ0v) is 17.3. The van der Waals surface area contributed by atoms with Crippen molar-refractivity contribution in [1.29, 1.82) is 0 Å². The Balaban J connectivity index is 1.55. The van der Waals surface area contributed by atoms with Gasteiger partial charge < -0.3 is 9.84 Å². The number of ether oxygens (including phenoxy) is 1. The maximum atomic E-state index is 13.2. The average molecular weight is 422 g/mol. The van der Waals surface area contributed by atoms with E-state index in [4.69, 9.17) is 4.74 Å². The molecular weight excluding hydrogens is 400 g/mol. The van der Waals surface area contributed by atoms with Gasteiger partial charge in [0.25, 0.3) is 0 Å². The van der Waals surface area contributed by atoms with Gasteiger partial charge in [-0.15, -0.1) is 0 Å². The van der Waals surface area contributed by atoms with Crippen LogP contribution in [0.5, 0.6) is 5.75 Å². The summed E-state index contributed by atoms with van der Waals surface area (Å²) in [6, 6.07) is 33.5. The van der Waals surface area contributed by atoms with Gasteiger partial charge >= 0.3 is 0 Å². The van der Waals surface area contributed by atoms with Crippen molar-refractivity contribution in [3.05, 3.63) is 138 Å². The van der Waals surface area contributed by atoms with Crippen molar-refractivity contribution in [2.75, 3.05) is 0 Å². The van der Waals surface area contributed by atoms with Crippen molar-refractivity contribution in [2.45, 2.75) is 12.2 Å². The number of benzene rings is 4. The van der Waals surface area contributed by atoms with Gasteiger partial charge in [0, 0.05) is 16.7 Å². The minimum absolute atomic E-state index is 0.156. The fraction of sp³-hybridized carbons (Fsp3) is 0.0714. The fourth-order valence-corrected chi connectivity index (χ4v) is 3.43. The van der Waals surface area contributed by atoms with Crippen LogP contribution in [0.3, 0.4) is 0 Å². The highest BCUT2D eigenvalue weighted by Gasteiger charge is 2.24. The first kappa shape index (κ1) is 21.2. The lowest BCUT2D eigenvalue weighted by atomic mass is 9.99. The summed E-state index contributed by atoms with van der Waals surface area (Å²) in [5.41, 5.74) is 2.19. The first-order chi connectivity index (χ1) is 15.6. The number of aliphatic hydroxyl groups excluding tert-OH is 1. The molecule has 32 heavy (non-hydrogen) atoms. The predicted molar refractivity (Wildman–Crippen MR) is 123 cm³/mol. The van der Waals surface area contributed by atoms with Gasteiger partial charge in [-0.2, -0.15) is 0 Å². The monoisotopic (exact) mass is 422 g/mol. The summed E-state index contributed by atoms with van der Waals surface area (Å²) in [4.78, 5) is 25.8. The van der Waals surface area contributed by atoms with E-state index in [0.717, 1.165) is 5.56 Å². The highest BCUT2D eigenvalue weighted by atomic mass is 16.5. The van der Waals surface area contributed by atoms with Gasteiger partial charge in [0.2, 0.25) is 5.78 Å². The Morgan fingerprint density at radius 1 is 0.562 bits per heavy atom. The van der Waals surface area contributed by atoms with Crippen molar-refractivity contribution < 1.29 is 19.4 Å². The summed E-state index contributed by atoms with van der Waals surface area (Å²) in [6.07, 6.45) is -2.06. The van der Waals surface area contributed by atoms with Crippen molar-refractivity contribution in [3.8, 4) is 5.75 Å². The molecule has 0 saturated heterocycles. The van der Waals surface area contributed by atoms with Crippen LogP contribution >= 0.6 is 0 Å². The lowest BCUT2D eigenvalue weighted by Gasteiger charge is -2.19. The molecule has 158 valence electrons. The normalized spacial score (nSPS) is 12.5. The number of carbonyl (C=O) groups excluding carboxylic acids is 2. The van der Waals surface area contributed by atoms with E-state index >= 15 is 0 Å². The highest BCUT2D eigenvalue weighted by Crippen LogP contribution is 2.27. The van der Waals surface area contributed by atoms with Gasteiger partial charge in [0.1, 0.15) is 11.9 Å². The van der Waals surface area contributed by atoms with Crippen molar-refractivity contribution >= 4 is 11.6 Å². The van der Waals surface area contributed by atoms with Crippen LogP contribution in [-0.2, 0) is 0 Å². The molecule has 0 aliphatic carbocycles. The minimum Gasteiger partial charge on any atom is -0.478 e. The molecule has 0 spiro atoms. The Hall–Kier alpha value is -4.02. The van der Waals surface area contributed by atoms with E-state index in [1.807, 2.05) is 54.6 Å². The van der Waals surface area contributed by atoms with Gasteiger partial charge in [0.05, 0.1) is 0 Å². The van der Waals surface area contributed by atoms with Gasteiger partial charge in [-0.1, -0.05) is 91.0 Å². The second-order valence-corrected chi connectivity index (χ2v) is 7.34. The zero-order valence-electron chi connectivity index (χ0n) is 17.3. The molecule has 2 atom stereocenters. The summed E-state index contributed by atoms with van der Waals surface area (Å²) in [5, 5.41) is 10.4. The Morgan fingerprint density at radius 2 is 1.03 bits per heavy atom. The van der Waals surface area contributed by atoms with E-state index < -0.39 is 18.0 Å². The van der Waals surface area contributed by atoms with Gasteiger partial charge in [0.15, 0.2) is 11.9 Å². The first-order valence-electron chi connectivity index (χ1n) is 10.3. The number of ketones is 2. The number of hydrogen-bond donors (Lipinski definition) is 1. The van der Waals surface area contributed by atoms with E-state index in [1.54, 1.807) is 60.7 Å². The molecule has 0 amide bonds. The average Bonchev–Trinajstić information content (AvgIpc) is 2.88. The molecule has 0 aliphatic heterocycles. The summed E-state index contributed by atoms with van der Waals surface area (Å²) in [5.74, 6) is -0.104. The number of aliphatic hydroxyl groups is 1. The molecule has 4 aromatic carbocycles. The van der Waals surface area contributed by atoms with Crippen molar-refractivity contribution in [2.24, 2.45) is 0 Å². The molecule has 0 aliphatic rings. The molecule has 0 heterocycles. The smallest absolute Gasteiger partial charge is 0.207 e. The van der Waals surface area contributed by atoms with Gasteiger partial charge in [-0.3, -0.25) is 9.59 Å². The van der Waals surface area contributed by atoms with Crippen LogP contribution in [0.4, 0.5) is 0 Å². The molecule has 0 fully saturated rings. The molecule has 0 aromatic heterocycles. The SMILES string of the molecule is O=C(c1ccc(OC(C(=O)c2ccccc2)c2ccccc2)cc1)C(O)c1ccccc1. The molecule has 0 radical (unpaired) electrons.